The van der Waals surface area contributed by atoms with Gasteiger partial charge in [0, 0.05) is 13.1 Å². The molecule has 20 heavy (non-hydrogen) atoms. The maximum absolute atomic E-state index is 11.7. The van der Waals surface area contributed by atoms with Gasteiger partial charge in [-0.25, -0.2) is 0 Å². The third-order valence-electron chi connectivity index (χ3n) is 2.95. The van der Waals surface area contributed by atoms with Gasteiger partial charge in [-0.05, 0) is 30.2 Å². The van der Waals surface area contributed by atoms with Crippen molar-refractivity contribution in [2.24, 2.45) is 0 Å². The summed E-state index contributed by atoms with van der Waals surface area (Å²) in [5.41, 5.74) is 1.08. The summed E-state index contributed by atoms with van der Waals surface area (Å²) in [5, 5.41) is 0. The minimum Gasteiger partial charge on any atom is -0.493 e. The molecule has 0 aliphatic carbocycles. The molecule has 0 saturated carbocycles. The molecular formula is C16H21NO3. The van der Waals surface area contributed by atoms with Gasteiger partial charge < -0.3 is 14.4 Å². The first-order chi connectivity index (χ1) is 9.65. The summed E-state index contributed by atoms with van der Waals surface area (Å²) in [6, 6.07) is 5.75. The normalized spacial score (nSPS) is 9.70. The van der Waals surface area contributed by atoms with Gasteiger partial charge in [0.05, 0.1) is 14.2 Å². The minimum atomic E-state index is -0.0922. The van der Waals surface area contributed by atoms with Crippen LogP contribution in [0.25, 0.3) is 0 Å². The van der Waals surface area contributed by atoms with E-state index in [1.165, 1.54) is 6.08 Å². The van der Waals surface area contributed by atoms with Crippen molar-refractivity contribution in [3.05, 3.63) is 49.1 Å². The van der Waals surface area contributed by atoms with Crippen LogP contribution >= 0.6 is 0 Å². The molecule has 0 radical (unpaired) electrons. The summed E-state index contributed by atoms with van der Waals surface area (Å²) < 4.78 is 10.5. The molecule has 4 nitrogen and oxygen atoms in total. The van der Waals surface area contributed by atoms with Gasteiger partial charge in [0.15, 0.2) is 11.5 Å². The van der Waals surface area contributed by atoms with Gasteiger partial charge in [0.25, 0.3) is 0 Å². The largest absolute Gasteiger partial charge is 0.493 e. The molecule has 1 aromatic carbocycles. The Labute approximate surface area is 120 Å². The number of carbonyl (C=O) groups is 1. The summed E-state index contributed by atoms with van der Waals surface area (Å²) in [7, 11) is 3.21. The van der Waals surface area contributed by atoms with Crippen molar-refractivity contribution in [3.8, 4) is 11.5 Å². The number of hydrogen-bond donors (Lipinski definition) is 0. The van der Waals surface area contributed by atoms with Gasteiger partial charge in [-0.2, -0.15) is 0 Å². The number of nitrogens with zero attached hydrogens (tertiary/aromatic N) is 1. The van der Waals surface area contributed by atoms with Crippen molar-refractivity contribution in [3.63, 3.8) is 0 Å². The molecule has 0 N–H and O–H groups in total. The Kier molecular flexibility index (Phi) is 6.37. The van der Waals surface area contributed by atoms with Crippen LogP contribution < -0.4 is 9.47 Å². The number of benzene rings is 1. The molecule has 0 fully saturated rings. The lowest BCUT2D eigenvalue weighted by Crippen LogP contribution is -2.31. The SMILES string of the molecule is C=CCN(CCc1ccc(OC)c(OC)c1)C(=O)C=C. The van der Waals surface area contributed by atoms with Crippen LogP contribution in [-0.2, 0) is 11.2 Å². The number of hydrogen-bond acceptors (Lipinski definition) is 3. The van der Waals surface area contributed by atoms with Crippen molar-refractivity contribution in [2.45, 2.75) is 6.42 Å². The van der Waals surface area contributed by atoms with E-state index in [2.05, 4.69) is 13.2 Å². The smallest absolute Gasteiger partial charge is 0.246 e. The standard InChI is InChI=1S/C16H21NO3/c1-5-10-17(16(18)6-2)11-9-13-7-8-14(19-3)15(12-13)20-4/h5-8,12H,1-2,9-11H2,3-4H3. The highest BCUT2D eigenvalue weighted by Crippen LogP contribution is 2.27. The molecule has 0 atom stereocenters. The average molecular weight is 275 g/mol. The molecule has 0 bridgehead atoms. The highest BCUT2D eigenvalue weighted by atomic mass is 16.5. The van der Waals surface area contributed by atoms with Gasteiger partial charge in [-0.3, -0.25) is 4.79 Å². The Balaban J connectivity index is 2.74. The maximum atomic E-state index is 11.7. The number of rotatable bonds is 8. The molecule has 1 amide bonds. The lowest BCUT2D eigenvalue weighted by atomic mass is 10.1. The molecule has 1 aromatic rings. The van der Waals surface area contributed by atoms with E-state index in [0.29, 0.717) is 24.6 Å². The zero-order valence-corrected chi connectivity index (χ0v) is 12.1. The van der Waals surface area contributed by atoms with Crippen molar-refractivity contribution >= 4 is 5.91 Å². The van der Waals surface area contributed by atoms with E-state index in [-0.39, 0.29) is 5.91 Å². The summed E-state index contributed by atoms with van der Waals surface area (Å²) in [5.74, 6) is 1.29. The Morgan fingerprint density at radius 3 is 2.50 bits per heavy atom. The number of amides is 1. The van der Waals surface area contributed by atoms with E-state index < -0.39 is 0 Å². The fourth-order valence-corrected chi connectivity index (χ4v) is 1.88. The molecule has 0 aliphatic heterocycles. The van der Waals surface area contributed by atoms with Crippen molar-refractivity contribution in [1.29, 1.82) is 0 Å². The molecule has 0 heterocycles. The predicted molar refractivity (Wildman–Crippen MR) is 80.2 cm³/mol. The monoisotopic (exact) mass is 275 g/mol. The van der Waals surface area contributed by atoms with Crippen LogP contribution in [0.4, 0.5) is 0 Å². The number of ether oxygens (including phenoxy) is 2. The second-order valence-electron chi connectivity index (χ2n) is 4.22. The third-order valence-corrected chi connectivity index (χ3v) is 2.95. The van der Waals surface area contributed by atoms with E-state index in [0.717, 1.165) is 12.0 Å². The zero-order valence-electron chi connectivity index (χ0n) is 12.1. The molecule has 0 unspecified atom stereocenters. The molecule has 0 aliphatic rings. The van der Waals surface area contributed by atoms with E-state index in [1.54, 1.807) is 25.2 Å². The molecular weight excluding hydrogens is 254 g/mol. The van der Waals surface area contributed by atoms with Gasteiger partial charge in [0.2, 0.25) is 5.91 Å². The lowest BCUT2D eigenvalue weighted by Gasteiger charge is -2.19. The average Bonchev–Trinajstić information content (AvgIpc) is 2.50. The lowest BCUT2D eigenvalue weighted by molar-refractivity contribution is -0.125. The van der Waals surface area contributed by atoms with Gasteiger partial charge >= 0.3 is 0 Å². The van der Waals surface area contributed by atoms with Crippen LogP contribution in [0.15, 0.2) is 43.5 Å². The van der Waals surface area contributed by atoms with Gasteiger partial charge in [-0.1, -0.05) is 18.7 Å². The first kappa shape index (κ1) is 15.8. The van der Waals surface area contributed by atoms with Crippen LogP contribution in [0.2, 0.25) is 0 Å². The predicted octanol–water partition coefficient (Wildman–Crippen LogP) is 2.45. The van der Waals surface area contributed by atoms with Gasteiger partial charge in [-0.15, -0.1) is 6.58 Å². The molecule has 0 aromatic heterocycles. The fraction of sp³-hybridized carbons (Fsp3) is 0.312. The van der Waals surface area contributed by atoms with Crippen LogP contribution in [-0.4, -0.2) is 38.1 Å². The Bertz CT molecular complexity index is 483. The van der Waals surface area contributed by atoms with E-state index in [9.17, 15) is 4.79 Å². The van der Waals surface area contributed by atoms with Crippen molar-refractivity contribution < 1.29 is 14.3 Å². The summed E-state index contributed by atoms with van der Waals surface area (Å²) in [4.78, 5) is 13.4. The molecule has 0 saturated heterocycles. The summed E-state index contributed by atoms with van der Waals surface area (Å²) in [6.07, 6.45) is 3.75. The van der Waals surface area contributed by atoms with Crippen molar-refractivity contribution in [2.75, 3.05) is 27.3 Å². The van der Waals surface area contributed by atoms with Gasteiger partial charge in [0.1, 0.15) is 0 Å². The maximum Gasteiger partial charge on any atom is 0.246 e. The second-order valence-corrected chi connectivity index (χ2v) is 4.22. The van der Waals surface area contributed by atoms with E-state index in [1.807, 2.05) is 18.2 Å². The highest BCUT2D eigenvalue weighted by Gasteiger charge is 2.10. The molecule has 1 rings (SSSR count). The Morgan fingerprint density at radius 2 is 1.95 bits per heavy atom. The highest BCUT2D eigenvalue weighted by molar-refractivity contribution is 5.87. The third kappa shape index (κ3) is 4.16. The van der Waals surface area contributed by atoms with Crippen LogP contribution in [0.1, 0.15) is 5.56 Å². The molecule has 108 valence electrons. The Hall–Kier alpha value is -2.23. The minimum absolute atomic E-state index is 0.0922. The molecule has 0 spiro atoms. The second kappa shape index (κ2) is 8.04. The van der Waals surface area contributed by atoms with Crippen LogP contribution in [0.3, 0.4) is 0 Å². The van der Waals surface area contributed by atoms with E-state index in [4.69, 9.17) is 9.47 Å². The van der Waals surface area contributed by atoms with Crippen molar-refractivity contribution in [1.82, 2.24) is 4.90 Å². The quantitative estimate of drug-likeness (QED) is 0.540. The Morgan fingerprint density at radius 1 is 1.25 bits per heavy atom. The zero-order chi connectivity index (χ0) is 15.0. The first-order valence-corrected chi connectivity index (χ1v) is 6.39. The van der Waals surface area contributed by atoms with Crippen LogP contribution in [0, 0.1) is 0 Å². The summed E-state index contributed by atoms with van der Waals surface area (Å²) in [6.45, 7) is 8.28. The summed E-state index contributed by atoms with van der Waals surface area (Å²) >= 11 is 0. The fourth-order valence-electron chi connectivity index (χ4n) is 1.88. The van der Waals surface area contributed by atoms with E-state index >= 15 is 0 Å². The molecule has 4 heteroatoms. The topological polar surface area (TPSA) is 38.8 Å². The first-order valence-electron chi connectivity index (χ1n) is 6.39. The number of carbonyl (C=O) groups excluding carboxylic acids is 1. The van der Waals surface area contributed by atoms with Crippen LogP contribution in [0.5, 0.6) is 11.5 Å². The number of methoxy groups -OCH3 is 2.